The molecule has 1 fully saturated rings. The van der Waals surface area contributed by atoms with E-state index in [1.54, 1.807) is 24.3 Å². The van der Waals surface area contributed by atoms with E-state index in [9.17, 15) is 9.59 Å². The summed E-state index contributed by atoms with van der Waals surface area (Å²) in [7, 11) is 0. The Morgan fingerprint density at radius 2 is 1.75 bits per heavy atom. The van der Waals surface area contributed by atoms with Crippen LogP contribution in [0.4, 0.5) is 16.2 Å². The van der Waals surface area contributed by atoms with Crippen LogP contribution in [0.15, 0.2) is 54.6 Å². The molecule has 0 aromatic heterocycles. The summed E-state index contributed by atoms with van der Waals surface area (Å²) in [5, 5.41) is 2.68. The molecule has 1 aliphatic heterocycles. The van der Waals surface area contributed by atoms with Gasteiger partial charge in [-0.05, 0) is 23.8 Å². The van der Waals surface area contributed by atoms with Crippen LogP contribution < -0.4 is 16.0 Å². The van der Waals surface area contributed by atoms with Crippen LogP contribution in [0.2, 0.25) is 0 Å². The van der Waals surface area contributed by atoms with E-state index in [-0.39, 0.29) is 5.91 Å². The molecule has 0 spiro atoms. The number of anilines is 2. The molecule has 0 unspecified atom stereocenters. The quantitative estimate of drug-likeness (QED) is 0.646. The van der Waals surface area contributed by atoms with Gasteiger partial charge in [0.2, 0.25) is 0 Å². The predicted molar refractivity (Wildman–Crippen MR) is 76.1 cm³/mol. The van der Waals surface area contributed by atoms with Gasteiger partial charge in [0.1, 0.15) is 6.04 Å². The van der Waals surface area contributed by atoms with Crippen LogP contribution in [-0.4, -0.2) is 11.9 Å². The number of hydrogen-bond donors (Lipinski definition) is 2. The summed E-state index contributed by atoms with van der Waals surface area (Å²) in [6.45, 7) is 0. The van der Waals surface area contributed by atoms with Crippen molar-refractivity contribution in [2.24, 2.45) is 0 Å². The Morgan fingerprint density at radius 1 is 1.00 bits per heavy atom. The monoisotopic (exact) mass is 267 g/mol. The number of urea groups is 1. The first-order chi connectivity index (χ1) is 9.66. The lowest BCUT2D eigenvalue weighted by atomic mass is 10.1. The zero-order valence-electron chi connectivity index (χ0n) is 10.6. The number of benzene rings is 2. The zero-order valence-corrected chi connectivity index (χ0v) is 10.6. The number of imide groups is 1. The molecule has 3 N–H and O–H groups in total. The van der Waals surface area contributed by atoms with Gasteiger partial charge in [0.25, 0.3) is 5.91 Å². The number of amides is 3. The molecule has 5 nitrogen and oxygen atoms in total. The second-order valence-corrected chi connectivity index (χ2v) is 4.56. The second-order valence-electron chi connectivity index (χ2n) is 4.56. The third-order valence-electron chi connectivity index (χ3n) is 3.20. The number of rotatable bonds is 2. The van der Waals surface area contributed by atoms with E-state index >= 15 is 0 Å². The average Bonchev–Trinajstić information content (AvgIpc) is 2.75. The van der Waals surface area contributed by atoms with Gasteiger partial charge in [0.15, 0.2) is 0 Å². The van der Waals surface area contributed by atoms with Crippen LogP contribution in [0.5, 0.6) is 0 Å². The Balaban J connectivity index is 1.95. The van der Waals surface area contributed by atoms with Crippen molar-refractivity contribution in [1.29, 1.82) is 0 Å². The first-order valence-electron chi connectivity index (χ1n) is 6.22. The molecule has 100 valence electrons. The Labute approximate surface area is 116 Å². The highest BCUT2D eigenvalue weighted by molar-refractivity contribution is 6.21. The highest BCUT2D eigenvalue weighted by atomic mass is 16.2. The summed E-state index contributed by atoms with van der Waals surface area (Å²) < 4.78 is 0. The third-order valence-corrected chi connectivity index (χ3v) is 3.20. The van der Waals surface area contributed by atoms with Crippen LogP contribution in [-0.2, 0) is 4.79 Å². The molecule has 1 heterocycles. The molecule has 1 saturated heterocycles. The fraction of sp³-hybridized carbons (Fsp3) is 0.0667. The van der Waals surface area contributed by atoms with Crippen molar-refractivity contribution in [3.8, 4) is 0 Å². The van der Waals surface area contributed by atoms with Gasteiger partial charge in [-0.1, -0.05) is 36.4 Å². The molecule has 5 heteroatoms. The van der Waals surface area contributed by atoms with Gasteiger partial charge in [0.05, 0.1) is 5.69 Å². The van der Waals surface area contributed by atoms with Crippen LogP contribution >= 0.6 is 0 Å². The minimum atomic E-state index is -0.648. The highest BCUT2D eigenvalue weighted by Gasteiger charge is 2.39. The topological polar surface area (TPSA) is 75.4 Å². The zero-order chi connectivity index (χ0) is 14.1. The van der Waals surface area contributed by atoms with Crippen LogP contribution in [0.1, 0.15) is 11.6 Å². The molecule has 2 aromatic carbocycles. The fourth-order valence-electron chi connectivity index (χ4n) is 2.26. The minimum absolute atomic E-state index is 0.299. The molecule has 0 saturated carbocycles. The normalized spacial score (nSPS) is 18.2. The summed E-state index contributed by atoms with van der Waals surface area (Å²) in [5.74, 6) is -0.299. The number of carbonyl (C=O) groups is 2. The number of nitrogen functional groups attached to an aromatic ring is 1. The van der Waals surface area contributed by atoms with Crippen molar-refractivity contribution < 1.29 is 9.59 Å². The van der Waals surface area contributed by atoms with Crippen LogP contribution in [0.3, 0.4) is 0 Å². The molecule has 3 amide bonds. The van der Waals surface area contributed by atoms with E-state index in [0.717, 1.165) is 10.5 Å². The smallest absolute Gasteiger partial charge is 0.329 e. The van der Waals surface area contributed by atoms with E-state index in [1.807, 2.05) is 30.3 Å². The van der Waals surface area contributed by atoms with E-state index < -0.39 is 12.1 Å². The van der Waals surface area contributed by atoms with Crippen molar-refractivity contribution in [2.75, 3.05) is 10.6 Å². The van der Waals surface area contributed by atoms with E-state index in [1.165, 1.54) is 0 Å². The number of hydrogen-bond acceptors (Lipinski definition) is 3. The van der Waals surface area contributed by atoms with Crippen molar-refractivity contribution in [3.05, 3.63) is 60.2 Å². The van der Waals surface area contributed by atoms with Crippen molar-refractivity contribution in [1.82, 2.24) is 5.32 Å². The Kier molecular flexibility index (Phi) is 2.87. The predicted octanol–water partition coefficient (Wildman–Crippen LogP) is 2.07. The number of nitrogens with two attached hydrogens (primary N) is 1. The van der Waals surface area contributed by atoms with Gasteiger partial charge in [-0.25, -0.2) is 9.69 Å². The first-order valence-corrected chi connectivity index (χ1v) is 6.22. The van der Waals surface area contributed by atoms with Gasteiger partial charge in [-0.3, -0.25) is 4.79 Å². The third kappa shape index (κ3) is 1.99. The molecular formula is C15H13N3O2. The molecule has 1 aliphatic rings. The van der Waals surface area contributed by atoms with Crippen molar-refractivity contribution in [2.45, 2.75) is 6.04 Å². The molecule has 0 radical (unpaired) electrons. The maximum absolute atomic E-state index is 12.4. The van der Waals surface area contributed by atoms with Crippen LogP contribution in [0.25, 0.3) is 0 Å². The number of nitrogens with one attached hydrogen (secondary N) is 1. The Morgan fingerprint density at radius 3 is 2.45 bits per heavy atom. The minimum Gasteiger partial charge on any atom is -0.399 e. The van der Waals surface area contributed by atoms with Gasteiger partial charge >= 0.3 is 6.03 Å². The maximum atomic E-state index is 12.4. The van der Waals surface area contributed by atoms with Crippen molar-refractivity contribution in [3.63, 3.8) is 0 Å². The molecule has 1 atom stereocenters. The number of carbonyl (C=O) groups excluding carboxylic acids is 2. The van der Waals surface area contributed by atoms with E-state index in [2.05, 4.69) is 5.32 Å². The molecule has 2 aromatic rings. The fourth-order valence-corrected chi connectivity index (χ4v) is 2.26. The lowest BCUT2D eigenvalue weighted by Gasteiger charge is -2.13. The summed E-state index contributed by atoms with van der Waals surface area (Å²) in [6, 6.07) is 14.8. The molecular weight excluding hydrogens is 254 g/mol. The van der Waals surface area contributed by atoms with E-state index in [0.29, 0.717) is 11.4 Å². The summed E-state index contributed by atoms with van der Waals surface area (Å²) in [6.07, 6.45) is 0. The summed E-state index contributed by atoms with van der Waals surface area (Å²) >= 11 is 0. The van der Waals surface area contributed by atoms with Gasteiger partial charge in [-0.2, -0.15) is 0 Å². The lowest BCUT2D eigenvalue weighted by molar-refractivity contribution is -0.118. The SMILES string of the molecule is Nc1cccc(N2C(=O)N[C@H](c3ccccc3)C2=O)c1. The average molecular weight is 267 g/mol. The standard InChI is InChI=1S/C15H13N3O2/c16-11-7-4-8-12(9-11)18-14(19)13(17-15(18)20)10-5-2-1-3-6-10/h1-9,13H,16H2,(H,17,20)/t13-/m1/s1. The Bertz CT molecular complexity index is 670. The molecule has 3 rings (SSSR count). The Hall–Kier alpha value is -2.82. The number of nitrogens with zero attached hydrogens (tertiary/aromatic N) is 1. The highest BCUT2D eigenvalue weighted by Crippen LogP contribution is 2.27. The van der Waals surface area contributed by atoms with Gasteiger partial charge < -0.3 is 11.1 Å². The van der Waals surface area contributed by atoms with Crippen LogP contribution in [0, 0.1) is 0 Å². The van der Waals surface area contributed by atoms with E-state index in [4.69, 9.17) is 5.73 Å². The van der Waals surface area contributed by atoms with Gasteiger partial charge in [-0.15, -0.1) is 0 Å². The van der Waals surface area contributed by atoms with Crippen molar-refractivity contribution >= 4 is 23.3 Å². The van der Waals surface area contributed by atoms with Gasteiger partial charge in [0, 0.05) is 5.69 Å². The lowest BCUT2D eigenvalue weighted by Crippen LogP contribution is -2.30. The first kappa shape index (κ1) is 12.2. The summed E-state index contributed by atoms with van der Waals surface area (Å²) in [4.78, 5) is 25.6. The maximum Gasteiger partial charge on any atom is 0.329 e. The molecule has 0 aliphatic carbocycles. The largest absolute Gasteiger partial charge is 0.399 e. The summed E-state index contributed by atoms with van der Waals surface area (Å²) in [5.41, 5.74) is 7.44. The molecule has 20 heavy (non-hydrogen) atoms. The molecule has 0 bridgehead atoms. The second kappa shape index (κ2) is 4.70.